The Morgan fingerprint density at radius 2 is 2.00 bits per heavy atom. The van der Waals surface area contributed by atoms with E-state index >= 15 is 0 Å². The van der Waals surface area contributed by atoms with Crippen LogP contribution in [0.2, 0.25) is 5.02 Å². The molecular formula is C11H9ClN6. The Labute approximate surface area is 107 Å². The summed E-state index contributed by atoms with van der Waals surface area (Å²) in [5.74, 6) is 0.938. The number of aromatic amines is 1. The average Bonchev–Trinajstić information content (AvgIpc) is 2.74. The summed E-state index contributed by atoms with van der Waals surface area (Å²) in [7, 11) is 0. The van der Waals surface area contributed by atoms with E-state index in [1.54, 1.807) is 18.2 Å². The van der Waals surface area contributed by atoms with Crippen LogP contribution in [0.25, 0.3) is 22.6 Å². The molecule has 6 nitrogen and oxygen atoms in total. The number of rotatable bonds is 1. The Balaban J connectivity index is 2.23. The zero-order valence-corrected chi connectivity index (χ0v) is 9.94. The molecule has 0 saturated heterocycles. The van der Waals surface area contributed by atoms with Crippen LogP contribution in [0.5, 0.6) is 0 Å². The smallest absolute Gasteiger partial charge is 0.183 e. The molecule has 0 spiro atoms. The lowest BCUT2D eigenvalue weighted by atomic mass is 10.2. The maximum absolute atomic E-state index is 6.12. The minimum Gasteiger partial charge on any atom is -0.399 e. The molecule has 2 aromatic heterocycles. The minimum atomic E-state index is 0.352. The summed E-state index contributed by atoms with van der Waals surface area (Å²) in [5.41, 5.74) is 13.8. The molecule has 5 N–H and O–H groups in total. The molecule has 3 aromatic rings. The summed E-state index contributed by atoms with van der Waals surface area (Å²) < 4.78 is 0. The number of anilines is 2. The van der Waals surface area contributed by atoms with Gasteiger partial charge in [0.1, 0.15) is 17.7 Å². The number of fused-ring (bicyclic) bond motifs is 1. The van der Waals surface area contributed by atoms with E-state index in [4.69, 9.17) is 23.1 Å². The molecule has 0 bridgehead atoms. The Kier molecular flexibility index (Phi) is 2.31. The summed E-state index contributed by atoms with van der Waals surface area (Å²) in [6.45, 7) is 0. The van der Waals surface area contributed by atoms with Gasteiger partial charge in [0.2, 0.25) is 0 Å². The first-order chi connectivity index (χ1) is 8.65. The van der Waals surface area contributed by atoms with Crippen molar-refractivity contribution in [2.45, 2.75) is 0 Å². The second kappa shape index (κ2) is 3.85. The second-order valence-electron chi connectivity index (χ2n) is 3.78. The summed E-state index contributed by atoms with van der Waals surface area (Å²) in [6, 6.07) is 5.21. The van der Waals surface area contributed by atoms with Gasteiger partial charge in [0.25, 0.3) is 0 Å². The van der Waals surface area contributed by atoms with Crippen molar-refractivity contribution in [1.82, 2.24) is 19.9 Å². The lowest BCUT2D eigenvalue weighted by Gasteiger charge is -2.01. The number of hydrogen-bond acceptors (Lipinski definition) is 5. The van der Waals surface area contributed by atoms with Crippen LogP contribution in [0.3, 0.4) is 0 Å². The van der Waals surface area contributed by atoms with Gasteiger partial charge in [0.05, 0.1) is 5.02 Å². The standard InChI is InChI=1S/C11H9ClN6/c12-7-3-5(13)1-2-6(7)10-17-8-9(14)15-4-16-11(8)18-10/h1-4H,13H2,(H3,14,15,16,17,18). The Morgan fingerprint density at radius 3 is 2.72 bits per heavy atom. The van der Waals surface area contributed by atoms with Crippen molar-refractivity contribution < 1.29 is 0 Å². The predicted octanol–water partition coefficient (Wildman–Crippen LogP) is 1.84. The van der Waals surface area contributed by atoms with E-state index in [0.717, 1.165) is 5.56 Å². The van der Waals surface area contributed by atoms with Crippen molar-refractivity contribution in [3.05, 3.63) is 29.5 Å². The van der Waals surface area contributed by atoms with Crippen LogP contribution in [-0.2, 0) is 0 Å². The number of nitrogens with one attached hydrogen (secondary N) is 1. The van der Waals surface area contributed by atoms with Gasteiger partial charge in [-0.05, 0) is 18.2 Å². The number of nitrogens with zero attached hydrogens (tertiary/aromatic N) is 3. The third-order valence-corrected chi connectivity index (χ3v) is 2.88. The number of aromatic nitrogens is 4. The first-order valence-corrected chi connectivity index (χ1v) is 5.54. The van der Waals surface area contributed by atoms with Crippen molar-refractivity contribution in [3.63, 3.8) is 0 Å². The van der Waals surface area contributed by atoms with Crippen molar-refractivity contribution in [1.29, 1.82) is 0 Å². The number of halogens is 1. The Bertz CT molecular complexity index is 735. The number of nitrogens with two attached hydrogens (primary N) is 2. The zero-order chi connectivity index (χ0) is 12.7. The van der Waals surface area contributed by atoms with Gasteiger partial charge in [-0.2, -0.15) is 0 Å². The van der Waals surface area contributed by atoms with E-state index in [1.807, 2.05) is 0 Å². The van der Waals surface area contributed by atoms with Gasteiger partial charge >= 0.3 is 0 Å². The lowest BCUT2D eigenvalue weighted by molar-refractivity contribution is 1.21. The van der Waals surface area contributed by atoms with Gasteiger partial charge in [-0.25, -0.2) is 15.0 Å². The molecule has 0 aliphatic heterocycles. The summed E-state index contributed by atoms with van der Waals surface area (Å²) >= 11 is 6.12. The van der Waals surface area contributed by atoms with Crippen LogP contribution in [0.1, 0.15) is 0 Å². The first kappa shape index (κ1) is 10.8. The van der Waals surface area contributed by atoms with Crippen molar-refractivity contribution in [3.8, 4) is 11.4 Å². The van der Waals surface area contributed by atoms with Crippen molar-refractivity contribution in [2.75, 3.05) is 11.5 Å². The van der Waals surface area contributed by atoms with E-state index in [2.05, 4.69) is 19.9 Å². The van der Waals surface area contributed by atoms with Gasteiger partial charge < -0.3 is 16.5 Å². The average molecular weight is 261 g/mol. The SMILES string of the molecule is Nc1ccc(-c2nc3ncnc(N)c3[nH]2)c(Cl)c1. The lowest BCUT2D eigenvalue weighted by Crippen LogP contribution is -1.91. The molecule has 0 atom stereocenters. The molecule has 1 aromatic carbocycles. The molecule has 3 rings (SSSR count). The quantitative estimate of drug-likeness (QED) is 0.579. The monoisotopic (exact) mass is 260 g/mol. The van der Waals surface area contributed by atoms with Crippen LogP contribution in [0, 0.1) is 0 Å². The molecule has 0 aliphatic carbocycles. The minimum absolute atomic E-state index is 0.352. The molecule has 0 unspecified atom stereocenters. The molecule has 18 heavy (non-hydrogen) atoms. The van der Waals surface area contributed by atoms with E-state index in [-0.39, 0.29) is 0 Å². The van der Waals surface area contributed by atoms with Gasteiger partial charge in [-0.3, -0.25) is 0 Å². The first-order valence-electron chi connectivity index (χ1n) is 5.17. The van der Waals surface area contributed by atoms with Crippen LogP contribution >= 0.6 is 11.6 Å². The number of imidazole rings is 1. The molecule has 0 amide bonds. The van der Waals surface area contributed by atoms with Crippen molar-refractivity contribution in [2.24, 2.45) is 0 Å². The van der Waals surface area contributed by atoms with Crippen LogP contribution < -0.4 is 11.5 Å². The number of hydrogen-bond donors (Lipinski definition) is 3. The third-order valence-electron chi connectivity index (χ3n) is 2.57. The highest BCUT2D eigenvalue weighted by atomic mass is 35.5. The Morgan fingerprint density at radius 1 is 1.17 bits per heavy atom. The zero-order valence-electron chi connectivity index (χ0n) is 9.18. The highest BCUT2D eigenvalue weighted by Crippen LogP contribution is 2.29. The molecule has 0 radical (unpaired) electrons. The van der Waals surface area contributed by atoms with E-state index in [1.165, 1.54) is 6.33 Å². The van der Waals surface area contributed by atoms with Crippen LogP contribution in [0.15, 0.2) is 24.5 Å². The van der Waals surface area contributed by atoms with Crippen LogP contribution in [-0.4, -0.2) is 19.9 Å². The molecule has 0 fully saturated rings. The maximum Gasteiger partial charge on any atom is 0.183 e. The van der Waals surface area contributed by atoms with E-state index < -0.39 is 0 Å². The number of H-pyrrole nitrogens is 1. The fourth-order valence-electron chi connectivity index (χ4n) is 1.70. The third kappa shape index (κ3) is 1.63. The topological polar surface area (TPSA) is 106 Å². The highest BCUT2D eigenvalue weighted by Gasteiger charge is 2.11. The molecule has 7 heteroatoms. The number of benzene rings is 1. The van der Waals surface area contributed by atoms with Crippen LogP contribution in [0.4, 0.5) is 11.5 Å². The largest absolute Gasteiger partial charge is 0.399 e. The van der Waals surface area contributed by atoms with E-state index in [0.29, 0.717) is 33.5 Å². The Hall–Kier alpha value is -2.34. The normalized spacial score (nSPS) is 10.9. The highest BCUT2D eigenvalue weighted by molar-refractivity contribution is 6.33. The van der Waals surface area contributed by atoms with E-state index in [9.17, 15) is 0 Å². The van der Waals surface area contributed by atoms with Gasteiger partial charge in [0.15, 0.2) is 11.5 Å². The van der Waals surface area contributed by atoms with Crippen molar-refractivity contribution >= 4 is 34.3 Å². The molecular weight excluding hydrogens is 252 g/mol. The fourth-order valence-corrected chi connectivity index (χ4v) is 1.98. The summed E-state index contributed by atoms with van der Waals surface area (Å²) in [4.78, 5) is 15.3. The number of nitrogen functional groups attached to an aromatic ring is 2. The molecule has 0 saturated carbocycles. The van der Waals surface area contributed by atoms with Gasteiger partial charge in [-0.1, -0.05) is 11.6 Å². The summed E-state index contributed by atoms with van der Waals surface area (Å²) in [5, 5.41) is 0.514. The van der Waals surface area contributed by atoms with Gasteiger partial charge in [-0.15, -0.1) is 0 Å². The fraction of sp³-hybridized carbons (Fsp3) is 0. The second-order valence-corrected chi connectivity index (χ2v) is 4.19. The predicted molar refractivity (Wildman–Crippen MR) is 71.0 cm³/mol. The molecule has 0 aliphatic rings. The molecule has 2 heterocycles. The maximum atomic E-state index is 6.12. The van der Waals surface area contributed by atoms with Gasteiger partial charge in [0, 0.05) is 11.3 Å². The summed E-state index contributed by atoms with van der Waals surface area (Å²) in [6.07, 6.45) is 1.37. The molecule has 90 valence electrons.